The summed E-state index contributed by atoms with van der Waals surface area (Å²) in [5.74, 6) is -0.743. The Morgan fingerprint density at radius 2 is 1.68 bits per heavy atom. The number of carbonyl (C=O) groups excluding carboxylic acids is 2. The van der Waals surface area contributed by atoms with E-state index in [1.165, 1.54) is 0 Å². The third kappa shape index (κ3) is 5.96. The molecule has 0 radical (unpaired) electrons. The number of likely N-dealkylation sites (tertiary alicyclic amines) is 1. The number of carbonyl (C=O) groups is 2. The molecule has 2 fully saturated rings. The molecule has 0 aromatic heterocycles. The van der Waals surface area contributed by atoms with Gasteiger partial charge >= 0.3 is 0 Å². The van der Waals surface area contributed by atoms with Gasteiger partial charge in [0.15, 0.2) is 0 Å². The monoisotopic (exact) mass is 540 g/mol. The van der Waals surface area contributed by atoms with Crippen molar-refractivity contribution in [1.29, 1.82) is 0 Å². The highest BCUT2D eigenvalue weighted by atomic mass is 16.5. The van der Waals surface area contributed by atoms with Crippen LogP contribution in [-0.4, -0.2) is 66.0 Å². The molecule has 2 aliphatic rings. The van der Waals surface area contributed by atoms with Crippen LogP contribution >= 0.6 is 0 Å². The molecule has 3 aromatic carbocycles. The standard InChI is InChI=1S/C33H36N2O5/c1-3-24-9-11-26(12-10-24)30-29(32(37)33(38)35(30)16-15-34-17-19-39-20-18-34)31(36)28-14-13-27(21-23(28)2)40-22-25-7-5-4-6-8-25/h4-14,21,30,36H,3,15-20,22H2,1-2H3/t30-/m0/s1. The molecule has 2 saturated heterocycles. The topological polar surface area (TPSA) is 79.3 Å². The second-order valence-corrected chi connectivity index (χ2v) is 10.3. The Kier molecular flexibility index (Phi) is 8.63. The number of morpholine rings is 1. The van der Waals surface area contributed by atoms with E-state index in [4.69, 9.17) is 9.47 Å². The summed E-state index contributed by atoms with van der Waals surface area (Å²) < 4.78 is 11.4. The lowest BCUT2D eigenvalue weighted by atomic mass is 9.93. The van der Waals surface area contributed by atoms with Crippen LogP contribution in [0.15, 0.2) is 78.4 Å². The van der Waals surface area contributed by atoms with E-state index in [2.05, 4.69) is 11.8 Å². The fourth-order valence-electron chi connectivity index (χ4n) is 5.34. The van der Waals surface area contributed by atoms with Crippen LogP contribution in [0.4, 0.5) is 0 Å². The van der Waals surface area contributed by atoms with E-state index in [1.54, 1.807) is 17.0 Å². The largest absolute Gasteiger partial charge is 0.507 e. The van der Waals surface area contributed by atoms with Gasteiger partial charge < -0.3 is 19.5 Å². The summed E-state index contributed by atoms with van der Waals surface area (Å²) >= 11 is 0. The maximum absolute atomic E-state index is 13.5. The summed E-state index contributed by atoms with van der Waals surface area (Å²) in [6.45, 7) is 8.28. The summed E-state index contributed by atoms with van der Waals surface area (Å²) in [7, 11) is 0. The molecule has 2 heterocycles. The van der Waals surface area contributed by atoms with Crippen molar-refractivity contribution in [2.75, 3.05) is 39.4 Å². The number of benzene rings is 3. The fourth-order valence-corrected chi connectivity index (χ4v) is 5.34. The predicted molar refractivity (Wildman–Crippen MR) is 154 cm³/mol. The smallest absolute Gasteiger partial charge is 0.295 e. The Balaban J connectivity index is 1.46. The van der Waals surface area contributed by atoms with Crippen molar-refractivity contribution in [2.45, 2.75) is 32.9 Å². The molecule has 208 valence electrons. The van der Waals surface area contributed by atoms with Gasteiger partial charge in [0.25, 0.3) is 11.7 Å². The van der Waals surface area contributed by atoms with Gasteiger partial charge in [0, 0.05) is 31.7 Å². The lowest BCUT2D eigenvalue weighted by molar-refractivity contribution is -0.140. The van der Waals surface area contributed by atoms with Gasteiger partial charge in [-0.3, -0.25) is 14.5 Å². The molecule has 1 atom stereocenters. The van der Waals surface area contributed by atoms with Crippen molar-refractivity contribution >= 4 is 17.4 Å². The first-order valence-corrected chi connectivity index (χ1v) is 13.9. The molecule has 40 heavy (non-hydrogen) atoms. The van der Waals surface area contributed by atoms with Crippen LogP contribution < -0.4 is 4.74 Å². The lowest BCUT2D eigenvalue weighted by Crippen LogP contribution is -2.42. The van der Waals surface area contributed by atoms with E-state index in [1.807, 2.05) is 67.6 Å². The molecule has 5 rings (SSSR count). The first-order chi connectivity index (χ1) is 19.5. The van der Waals surface area contributed by atoms with Gasteiger partial charge in [0.2, 0.25) is 0 Å². The van der Waals surface area contributed by atoms with Crippen LogP contribution in [0.5, 0.6) is 5.75 Å². The van der Waals surface area contributed by atoms with Crippen molar-refractivity contribution in [3.05, 3.63) is 106 Å². The first kappa shape index (κ1) is 27.6. The summed E-state index contributed by atoms with van der Waals surface area (Å²) in [4.78, 5) is 30.7. The summed E-state index contributed by atoms with van der Waals surface area (Å²) in [5.41, 5.74) is 4.41. The Morgan fingerprint density at radius 3 is 2.35 bits per heavy atom. The van der Waals surface area contributed by atoms with Crippen molar-refractivity contribution in [1.82, 2.24) is 9.80 Å². The van der Waals surface area contributed by atoms with Gasteiger partial charge in [-0.1, -0.05) is 61.5 Å². The van der Waals surface area contributed by atoms with Crippen LogP contribution in [0.2, 0.25) is 0 Å². The number of Topliss-reactive ketones (excluding diaryl/α,β-unsaturated/α-hetero) is 1. The average molecular weight is 541 g/mol. The van der Waals surface area contributed by atoms with Crippen LogP contribution in [0, 0.1) is 6.92 Å². The van der Waals surface area contributed by atoms with E-state index in [0.717, 1.165) is 41.8 Å². The maximum Gasteiger partial charge on any atom is 0.295 e. The Labute approximate surface area is 235 Å². The summed E-state index contributed by atoms with van der Waals surface area (Å²) in [5, 5.41) is 11.6. The number of hydrogen-bond donors (Lipinski definition) is 1. The molecule has 7 heteroatoms. The third-order valence-corrected chi connectivity index (χ3v) is 7.71. The van der Waals surface area contributed by atoms with Crippen molar-refractivity contribution in [3.8, 4) is 5.75 Å². The highest BCUT2D eigenvalue weighted by molar-refractivity contribution is 6.46. The van der Waals surface area contributed by atoms with Crippen LogP contribution in [0.3, 0.4) is 0 Å². The molecule has 0 bridgehead atoms. The molecule has 7 nitrogen and oxygen atoms in total. The van der Waals surface area contributed by atoms with Gasteiger partial charge in [-0.05, 0) is 53.8 Å². The maximum atomic E-state index is 13.5. The zero-order valence-corrected chi connectivity index (χ0v) is 23.1. The number of rotatable bonds is 9. The minimum absolute atomic E-state index is 0.122. The van der Waals surface area contributed by atoms with Gasteiger partial charge in [-0.15, -0.1) is 0 Å². The number of amides is 1. The van der Waals surface area contributed by atoms with Gasteiger partial charge in [-0.25, -0.2) is 0 Å². The molecule has 1 N–H and O–H groups in total. The minimum Gasteiger partial charge on any atom is -0.507 e. The Bertz CT molecular complexity index is 1380. The lowest BCUT2D eigenvalue weighted by Gasteiger charge is -2.31. The molecule has 0 saturated carbocycles. The van der Waals surface area contributed by atoms with E-state index in [9.17, 15) is 14.7 Å². The molecule has 0 aliphatic carbocycles. The van der Waals surface area contributed by atoms with Crippen molar-refractivity contribution < 1.29 is 24.2 Å². The molecule has 0 spiro atoms. The third-order valence-electron chi connectivity index (χ3n) is 7.71. The van der Waals surface area contributed by atoms with Gasteiger partial charge in [0.05, 0.1) is 24.8 Å². The summed E-state index contributed by atoms with van der Waals surface area (Å²) in [6, 6.07) is 22.5. The van der Waals surface area contributed by atoms with Gasteiger partial charge in [-0.2, -0.15) is 0 Å². The Hall–Kier alpha value is -3.94. The van der Waals surface area contributed by atoms with E-state index in [0.29, 0.717) is 44.2 Å². The summed E-state index contributed by atoms with van der Waals surface area (Å²) in [6.07, 6.45) is 0.884. The predicted octanol–water partition coefficient (Wildman–Crippen LogP) is 4.89. The van der Waals surface area contributed by atoms with Crippen LogP contribution in [0.1, 0.15) is 40.8 Å². The van der Waals surface area contributed by atoms with Gasteiger partial charge in [0.1, 0.15) is 18.1 Å². The SMILES string of the molecule is CCc1ccc([C@H]2C(=C(O)c3ccc(OCc4ccccc4)cc3C)C(=O)C(=O)N2CCN2CCOCC2)cc1. The fraction of sp³-hybridized carbons (Fsp3) is 0.333. The number of aliphatic hydroxyl groups is 1. The number of ether oxygens (including phenoxy) is 2. The second-order valence-electron chi connectivity index (χ2n) is 10.3. The number of nitrogens with zero attached hydrogens (tertiary/aromatic N) is 2. The van der Waals surface area contributed by atoms with Crippen molar-refractivity contribution in [3.63, 3.8) is 0 Å². The molecule has 2 aliphatic heterocycles. The van der Waals surface area contributed by atoms with E-state index in [-0.39, 0.29) is 11.3 Å². The van der Waals surface area contributed by atoms with Crippen LogP contribution in [0.25, 0.3) is 5.76 Å². The Morgan fingerprint density at radius 1 is 0.950 bits per heavy atom. The zero-order valence-electron chi connectivity index (χ0n) is 23.1. The highest BCUT2D eigenvalue weighted by Gasteiger charge is 2.46. The normalized spacial score (nSPS) is 19.2. The molecule has 3 aromatic rings. The molecule has 1 amide bonds. The highest BCUT2D eigenvalue weighted by Crippen LogP contribution is 2.40. The number of ketones is 1. The van der Waals surface area contributed by atoms with Crippen LogP contribution in [-0.2, 0) is 27.4 Å². The number of aryl methyl sites for hydroxylation is 2. The zero-order chi connectivity index (χ0) is 28.1. The average Bonchev–Trinajstić information content (AvgIpc) is 3.25. The first-order valence-electron chi connectivity index (χ1n) is 13.9. The van der Waals surface area contributed by atoms with E-state index >= 15 is 0 Å². The van der Waals surface area contributed by atoms with E-state index < -0.39 is 17.7 Å². The van der Waals surface area contributed by atoms with Crippen molar-refractivity contribution in [2.24, 2.45) is 0 Å². The number of hydrogen-bond acceptors (Lipinski definition) is 6. The molecular formula is C33H36N2O5. The molecular weight excluding hydrogens is 504 g/mol. The minimum atomic E-state index is -0.666. The molecule has 0 unspecified atom stereocenters. The second kappa shape index (κ2) is 12.5. The number of aliphatic hydroxyl groups excluding tert-OH is 1. The quantitative estimate of drug-likeness (QED) is 0.237.